The van der Waals surface area contributed by atoms with Gasteiger partial charge >= 0.3 is 7.32 Å². The van der Waals surface area contributed by atoms with E-state index in [4.69, 9.17) is 14.0 Å². The van der Waals surface area contributed by atoms with Crippen LogP contribution in [0.25, 0.3) is 0 Å². The highest BCUT2D eigenvalue weighted by molar-refractivity contribution is 6.36. The topological polar surface area (TPSA) is 27.7 Å². The third-order valence-electron chi connectivity index (χ3n) is 2.59. The SMILES string of the molecule is CC(C)C(C)(C)O[B-]1OCCCO1. The van der Waals surface area contributed by atoms with E-state index in [2.05, 4.69) is 27.7 Å². The molecule has 13 heavy (non-hydrogen) atoms. The summed E-state index contributed by atoms with van der Waals surface area (Å²) < 4.78 is 16.3. The fraction of sp³-hybridized carbons (Fsp3) is 1.00. The normalized spacial score (nSPS) is 21.0. The fourth-order valence-corrected chi connectivity index (χ4v) is 0.918. The van der Waals surface area contributed by atoms with Gasteiger partial charge in [-0.15, -0.1) is 0 Å². The molecule has 0 spiro atoms. The lowest BCUT2D eigenvalue weighted by atomic mass is 9.92. The average Bonchev–Trinajstić information content (AvgIpc) is 2.05. The molecule has 0 aliphatic carbocycles. The molecule has 0 N–H and O–H groups in total. The Bertz CT molecular complexity index is 153. The van der Waals surface area contributed by atoms with Gasteiger partial charge in [0.05, 0.1) is 0 Å². The summed E-state index contributed by atoms with van der Waals surface area (Å²) in [6.07, 6.45) is 0.960. The molecule has 1 fully saturated rings. The molecule has 3 nitrogen and oxygen atoms in total. The minimum Gasteiger partial charge on any atom is -0.566 e. The molecule has 0 aromatic heterocycles. The van der Waals surface area contributed by atoms with E-state index in [1.807, 2.05) is 0 Å². The van der Waals surface area contributed by atoms with Crippen LogP contribution in [0.4, 0.5) is 0 Å². The highest BCUT2D eigenvalue weighted by Gasteiger charge is 2.23. The molecule has 0 atom stereocenters. The lowest BCUT2D eigenvalue weighted by Crippen LogP contribution is -2.43. The van der Waals surface area contributed by atoms with Gasteiger partial charge in [0, 0.05) is 18.8 Å². The van der Waals surface area contributed by atoms with Gasteiger partial charge in [0.2, 0.25) is 0 Å². The summed E-state index contributed by atoms with van der Waals surface area (Å²) in [5, 5.41) is 0. The van der Waals surface area contributed by atoms with Crippen molar-refractivity contribution in [3.05, 3.63) is 0 Å². The summed E-state index contributed by atoms with van der Waals surface area (Å²) in [5.41, 5.74) is -0.192. The summed E-state index contributed by atoms with van der Waals surface area (Å²) >= 11 is 0. The Labute approximate surface area is 80.9 Å². The van der Waals surface area contributed by atoms with Crippen LogP contribution in [0.3, 0.4) is 0 Å². The van der Waals surface area contributed by atoms with Crippen molar-refractivity contribution in [1.82, 2.24) is 0 Å². The van der Waals surface area contributed by atoms with Gasteiger partial charge in [-0.25, -0.2) is 0 Å². The maximum absolute atomic E-state index is 5.70. The zero-order valence-corrected chi connectivity index (χ0v) is 9.00. The Morgan fingerprint density at radius 2 is 1.77 bits per heavy atom. The van der Waals surface area contributed by atoms with Gasteiger partial charge < -0.3 is 14.0 Å². The summed E-state index contributed by atoms with van der Waals surface area (Å²) in [6, 6.07) is 0. The molecule has 1 aliphatic heterocycles. The van der Waals surface area contributed by atoms with Crippen molar-refractivity contribution in [2.75, 3.05) is 13.2 Å². The van der Waals surface area contributed by atoms with Gasteiger partial charge in [0.15, 0.2) is 0 Å². The molecule has 4 heteroatoms. The first kappa shape index (κ1) is 11.0. The smallest absolute Gasteiger partial charge is 0.305 e. The molecule has 0 aromatic carbocycles. The quantitative estimate of drug-likeness (QED) is 0.629. The predicted octanol–water partition coefficient (Wildman–Crippen LogP) is 1.86. The van der Waals surface area contributed by atoms with E-state index in [0.29, 0.717) is 5.92 Å². The third kappa shape index (κ3) is 3.29. The van der Waals surface area contributed by atoms with Crippen LogP contribution in [0.1, 0.15) is 34.1 Å². The van der Waals surface area contributed by atoms with Gasteiger partial charge in [0.25, 0.3) is 0 Å². The first-order chi connectivity index (χ1) is 6.02. The molecule has 0 unspecified atom stereocenters. The van der Waals surface area contributed by atoms with Crippen molar-refractivity contribution >= 4 is 7.32 Å². The standard InChI is InChI=1S/C9H19BO3/c1-8(2)9(3,4)13-10-11-6-5-7-12-10/h8H,5-7H2,1-4H3/q-1. The lowest BCUT2D eigenvalue weighted by Gasteiger charge is -2.44. The van der Waals surface area contributed by atoms with E-state index in [0.717, 1.165) is 19.6 Å². The molecule has 1 saturated heterocycles. The zero-order chi connectivity index (χ0) is 9.90. The van der Waals surface area contributed by atoms with Crippen molar-refractivity contribution in [1.29, 1.82) is 0 Å². The molecule has 0 amide bonds. The van der Waals surface area contributed by atoms with Crippen LogP contribution < -0.4 is 0 Å². The van der Waals surface area contributed by atoms with E-state index in [9.17, 15) is 0 Å². The highest BCUT2D eigenvalue weighted by atomic mass is 16.7. The van der Waals surface area contributed by atoms with Crippen LogP contribution >= 0.6 is 0 Å². The molecule has 1 aliphatic rings. The van der Waals surface area contributed by atoms with Crippen LogP contribution in [0.5, 0.6) is 0 Å². The van der Waals surface area contributed by atoms with E-state index < -0.39 is 7.32 Å². The van der Waals surface area contributed by atoms with Crippen molar-refractivity contribution in [2.24, 2.45) is 5.92 Å². The van der Waals surface area contributed by atoms with Crippen LogP contribution in [-0.2, 0) is 14.0 Å². The Kier molecular flexibility index (Phi) is 3.77. The summed E-state index contributed by atoms with van der Waals surface area (Å²) in [7, 11) is -0.467. The van der Waals surface area contributed by atoms with Crippen LogP contribution in [-0.4, -0.2) is 26.1 Å². The monoisotopic (exact) mass is 186 g/mol. The fourth-order valence-electron chi connectivity index (χ4n) is 0.918. The van der Waals surface area contributed by atoms with Gasteiger partial charge in [-0.1, -0.05) is 13.8 Å². The summed E-state index contributed by atoms with van der Waals surface area (Å²) in [6.45, 7) is 9.83. The maximum atomic E-state index is 5.70. The minimum atomic E-state index is -0.467. The summed E-state index contributed by atoms with van der Waals surface area (Å²) in [4.78, 5) is 0. The molecular weight excluding hydrogens is 167 g/mol. The van der Waals surface area contributed by atoms with Crippen molar-refractivity contribution < 1.29 is 14.0 Å². The average molecular weight is 186 g/mol. The Morgan fingerprint density at radius 1 is 1.23 bits per heavy atom. The molecule has 0 saturated carbocycles. The van der Waals surface area contributed by atoms with Crippen molar-refractivity contribution in [2.45, 2.75) is 39.7 Å². The van der Waals surface area contributed by atoms with Crippen molar-refractivity contribution in [3.63, 3.8) is 0 Å². The van der Waals surface area contributed by atoms with Gasteiger partial charge in [-0.2, -0.15) is 0 Å². The second-order valence-electron chi connectivity index (χ2n) is 4.26. The van der Waals surface area contributed by atoms with Crippen LogP contribution in [0, 0.1) is 5.92 Å². The van der Waals surface area contributed by atoms with Gasteiger partial charge in [-0.3, -0.25) is 0 Å². The molecular formula is C9H19BO3-. The Balaban J connectivity index is 2.37. The largest absolute Gasteiger partial charge is 0.566 e. The Hall–Kier alpha value is -0.0551. The van der Waals surface area contributed by atoms with Crippen molar-refractivity contribution in [3.8, 4) is 0 Å². The van der Waals surface area contributed by atoms with E-state index >= 15 is 0 Å². The minimum absolute atomic E-state index is 0.192. The second kappa shape index (κ2) is 4.44. The molecule has 77 valence electrons. The van der Waals surface area contributed by atoms with E-state index in [1.54, 1.807) is 0 Å². The maximum Gasteiger partial charge on any atom is 0.305 e. The summed E-state index contributed by atoms with van der Waals surface area (Å²) in [5.74, 6) is 0.446. The lowest BCUT2D eigenvalue weighted by molar-refractivity contribution is -0.0313. The first-order valence-corrected chi connectivity index (χ1v) is 4.93. The molecule has 1 rings (SSSR count). The highest BCUT2D eigenvalue weighted by Crippen LogP contribution is 2.22. The molecule has 1 radical (unpaired) electrons. The van der Waals surface area contributed by atoms with Crippen LogP contribution in [0.2, 0.25) is 0 Å². The van der Waals surface area contributed by atoms with E-state index in [-0.39, 0.29) is 5.60 Å². The predicted molar refractivity (Wildman–Crippen MR) is 52.3 cm³/mol. The third-order valence-corrected chi connectivity index (χ3v) is 2.59. The number of rotatable bonds is 3. The van der Waals surface area contributed by atoms with E-state index in [1.165, 1.54) is 0 Å². The van der Waals surface area contributed by atoms with Gasteiger partial charge in [-0.05, 0) is 26.2 Å². The number of hydrogen-bond acceptors (Lipinski definition) is 3. The zero-order valence-electron chi connectivity index (χ0n) is 9.00. The first-order valence-electron chi connectivity index (χ1n) is 4.93. The number of hydrogen-bond donors (Lipinski definition) is 0. The Morgan fingerprint density at radius 3 is 2.23 bits per heavy atom. The molecule has 0 bridgehead atoms. The molecule has 0 aromatic rings. The molecule has 1 heterocycles. The second-order valence-corrected chi connectivity index (χ2v) is 4.26. The van der Waals surface area contributed by atoms with Gasteiger partial charge in [0.1, 0.15) is 0 Å². The van der Waals surface area contributed by atoms with Crippen LogP contribution in [0.15, 0.2) is 0 Å².